The van der Waals surface area contributed by atoms with Crippen LogP contribution in [0, 0.1) is 0 Å². The molecule has 0 spiro atoms. The Labute approximate surface area is 211 Å². The highest BCUT2D eigenvalue weighted by atomic mass is 16.6. The lowest BCUT2D eigenvalue weighted by atomic mass is 10.0. The number of aromatic nitrogens is 5. The summed E-state index contributed by atoms with van der Waals surface area (Å²) in [5.74, 6) is 0.212. The van der Waals surface area contributed by atoms with Crippen LogP contribution in [0.1, 0.15) is 21.7 Å². The highest BCUT2D eigenvalue weighted by molar-refractivity contribution is 6.03. The Morgan fingerprint density at radius 3 is 2.68 bits per heavy atom. The van der Waals surface area contributed by atoms with E-state index in [1.165, 1.54) is 4.68 Å². The number of hydrazone groups is 1. The Morgan fingerprint density at radius 1 is 1.14 bits per heavy atom. The summed E-state index contributed by atoms with van der Waals surface area (Å²) in [6.45, 7) is 0.257. The second-order valence-corrected chi connectivity index (χ2v) is 8.06. The van der Waals surface area contributed by atoms with Gasteiger partial charge in [-0.05, 0) is 39.3 Å². The highest BCUT2D eigenvalue weighted by Gasteiger charge is 2.25. The normalized spacial score (nSPS) is 11.2. The van der Waals surface area contributed by atoms with Crippen LogP contribution in [0.2, 0.25) is 0 Å². The first-order chi connectivity index (χ1) is 18.1. The number of hydrogen-bond acceptors (Lipinski definition) is 10. The van der Waals surface area contributed by atoms with E-state index in [4.69, 9.17) is 15.1 Å². The van der Waals surface area contributed by atoms with Crippen molar-refractivity contribution in [3.63, 3.8) is 0 Å². The van der Waals surface area contributed by atoms with Gasteiger partial charge in [0.25, 0.3) is 5.91 Å². The summed E-state index contributed by atoms with van der Waals surface area (Å²) in [6.07, 6.45) is 1.54. The van der Waals surface area contributed by atoms with E-state index in [1.54, 1.807) is 13.3 Å². The number of nitrogen functional groups attached to an aromatic ring is 1. The van der Waals surface area contributed by atoms with E-state index in [2.05, 4.69) is 31.2 Å². The molecule has 0 fully saturated rings. The van der Waals surface area contributed by atoms with Crippen molar-refractivity contribution in [2.45, 2.75) is 6.54 Å². The molecule has 12 heteroatoms. The summed E-state index contributed by atoms with van der Waals surface area (Å²) in [6, 6.07) is 21.3. The van der Waals surface area contributed by atoms with Crippen LogP contribution in [-0.2, 0) is 6.54 Å². The fourth-order valence-electron chi connectivity index (χ4n) is 3.92. The van der Waals surface area contributed by atoms with Crippen LogP contribution in [0.25, 0.3) is 16.6 Å². The molecule has 0 saturated heterocycles. The maximum Gasteiger partial charge on any atom is 0.293 e. The van der Waals surface area contributed by atoms with Gasteiger partial charge in [0, 0.05) is 18.3 Å². The lowest BCUT2D eigenvalue weighted by molar-refractivity contribution is 0.0949. The number of para-hydroxylation sites is 1. The molecular formula is C25H23N9O3. The zero-order chi connectivity index (χ0) is 25.8. The number of hydrogen-bond donors (Lipinski definition) is 2. The van der Waals surface area contributed by atoms with Crippen LogP contribution < -0.4 is 20.8 Å². The van der Waals surface area contributed by atoms with Crippen LogP contribution >= 0.6 is 0 Å². The van der Waals surface area contributed by atoms with E-state index >= 15 is 0 Å². The first-order valence-corrected chi connectivity index (χ1v) is 11.2. The fraction of sp³-hybridized carbons (Fsp3) is 0.120. The molecule has 0 atom stereocenters. The summed E-state index contributed by atoms with van der Waals surface area (Å²) in [4.78, 5) is 15.1. The third kappa shape index (κ3) is 4.67. The van der Waals surface area contributed by atoms with Gasteiger partial charge in [0.05, 0.1) is 25.6 Å². The zero-order valence-corrected chi connectivity index (χ0v) is 20.1. The minimum absolute atomic E-state index is 0.0153. The maximum absolute atomic E-state index is 13.2. The van der Waals surface area contributed by atoms with Gasteiger partial charge in [0.1, 0.15) is 5.75 Å². The fourth-order valence-corrected chi connectivity index (χ4v) is 3.92. The first kappa shape index (κ1) is 23.5. The molecule has 3 aromatic carbocycles. The van der Waals surface area contributed by atoms with Crippen molar-refractivity contribution in [1.82, 2.24) is 30.7 Å². The number of nitrogens with one attached hydrogen (secondary N) is 1. The molecule has 3 N–H and O–H groups in total. The molecule has 12 nitrogen and oxygen atoms in total. The highest BCUT2D eigenvalue weighted by Crippen LogP contribution is 2.26. The number of amides is 1. The number of methoxy groups -OCH3 is 1. The predicted octanol–water partition coefficient (Wildman–Crippen LogP) is 2.79. The summed E-state index contributed by atoms with van der Waals surface area (Å²) in [7, 11) is 3.46. The van der Waals surface area contributed by atoms with E-state index in [-0.39, 0.29) is 23.9 Å². The van der Waals surface area contributed by atoms with Gasteiger partial charge >= 0.3 is 0 Å². The molecule has 0 aliphatic rings. The van der Waals surface area contributed by atoms with Gasteiger partial charge in [-0.15, -0.1) is 5.10 Å². The number of nitrogens with two attached hydrogens (primary N) is 1. The number of benzene rings is 3. The van der Waals surface area contributed by atoms with Crippen LogP contribution in [0.4, 0.5) is 11.5 Å². The van der Waals surface area contributed by atoms with Gasteiger partial charge in [0.2, 0.25) is 11.6 Å². The molecule has 0 aliphatic carbocycles. The van der Waals surface area contributed by atoms with Gasteiger partial charge < -0.3 is 15.4 Å². The molecule has 0 aliphatic heterocycles. The van der Waals surface area contributed by atoms with Crippen molar-refractivity contribution in [1.29, 1.82) is 0 Å². The van der Waals surface area contributed by atoms with Crippen molar-refractivity contribution < 1.29 is 14.2 Å². The quantitative estimate of drug-likeness (QED) is 0.244. The molecular weight excluding hydrogens is 474 g/mol. The molecule has 0 bridgehead atoms. The summed E-state index contributed by atoms with van der Waals surface area (Å²) in [5, 5.41) is 21.7. The summed E-state index contributed by atoms with van der Waals surface area (Å²) >= 11 is 0. The molecule has 0 saturated carbocycles. The molecule has 2 heterocycles. The molecule has 37 heavy (non-hydrogen) atoms. The summed E-state index contributed by atoms with van der Waals surface area (Å²) in [5.41, 5.74) is 10.5. The van der Waals surface area contributed by atoms with Gasteiger partial charge in [0.15, 0.2) is 5.69 Å². The predicted molar refractivity (Wildman–Crippen MR) is 138 cm³/mol. The van der Waals surface area contributed by atoms with Crippen LogP contribution in [-0.4, -0.2) is 51.6 Å². The maximum atomic E-state index is 13.2. The van der Waals surface area contributed by atoms with E-state index in [1.807, 2.05) is 78.7 Å². The van der Waals surface area contributed by atoms with Crippen molar-refractivity contribution in [2.24, 2.45) is 5.10 Å². The van der Waals surface area contributed by atoms with Crippen LogP contribution in [0.5, 0.6) is 5.75 Å². The van der Waals surface area contributed by atoms with Crippen molar-refractivity contribution >= 4 is 34.4 Å². The first-order valence-electron chi connectivity index (χ1n) is 11.2. The standard InChI is InChI=1S/C25H23N9O3/c1-33(17-9-4-3-5-10-17)15-20-22(28-32-34(20)24-23(26)30-37-31-24)25(35)29-27-14-19-18-11-7-6-8-16(18)12-13-21(19)36-2/h3-14H,15H2,1-2H3,(H2,26,30)(H,29,35). The smallest absolute Gasteiger partial charge is 0.293 e. The molecule has 0 radical (unpaired) electrons. The molecule has 1 amide bonds. The number of anilines is 2. The molecule has 0 unspecified atom stereocenters. The minimum Gasteiger partial charge on any atom is -0.496 e. The third-order valence-electron chi connectivity index (χ3n) is 5.77. The van der Waals surface area contributed by atoms with Crippen LogP contribution in [0.3, 0.4) is 0 Å². The molecule has 5 aromatic rings. The average Bonchev–Trinajstić information content (AvgIpc) is 3.54. The largest absolute Gasteiger partial charge is 0.496 e. The zero-order valence-electron chi connectivity index (χ0n) is 20.1. The lowest BCUT2D eigenvalue weighted by Crippen LogP contribution is -2.24. The SMILES string of the molecule is COc1ccc2ccccc2c1C=NNC(=O)c1nnn(-c2nonc2N)c1CN(C)c1ccccc1. The number of ether oxygens (including phenoxy) is 1. The number of fused-ring (bicyclic) bond motifs is 1. The van der Waals surface area contributed by atoms with Gasteiger partial charge in [-0.2, -0.15) is 9.78 Å². The lowest BCUT2D eigenvalue weighted by Gasteiger charge is -2.19. The Bertz CT molecular complexity index is 1580. The molecule has 5 rings (SSSR count). The Hall–Kier alpha value is -5.26. The second kappa shape index (κ2) is 10.2. The average molecular weight is 498 g/mol. The van der Waals surface area contributed by atoms with Gasteiger partial charge in [-0.1, -0.05) is 53.7 Å². The van der Waals surface area contributed by atoms with Crippen LogP contribution in [0.15, 0.2) is 76.5 Å². The Kier molecular flexibility index (Phi) is 6.45. The monoisotopic (exact) mass is 497 g/mol. The number of rotatable bonds is 8. The topological polar surface area (TPSA) is 150 Å². The molecule has 186 valence electrons. The van der Waals surface area contributed by atoms with E-state index in [0.717, 1.165) is 22.0 Å². The van der Waals surface area contributed by atoms with Gasteiger partial charge in [-0.3, -0.25) is 4.79 Å². The number of nitrogens with zero attached hydrogens (tertiary/aromatic N) is 7. The number of carbonyl (C=O) groups excluding carboxylic acids is 1. The van der Waals surface area contributed by atoms with E-state index in [0.29, 0.717) is 11.4 Å². The minimum atomic E-state index is -0.562. The third-order valence-corrected chi connectivity index (χ3v) is 5.77. The van der Waals surface area contributed by atoms with Crippen molar-refractivity contribution in [3.05, 3.63) is 83.7 Å². The molecule has 2 aromatic heterocycles. The van der Waals surface area contributed by atoms with E-state index < -0.39 is 5.91 Å². The van der Waals surface area contributed by atoms with E-state index in [9.17, 15) is 4.79 Å². The van der Waals surface area contributed by atoms with Crippen molar-refractivity contribution in [3.8, 4) is 11.6 Å². The van der Waals surface area contributed by atoms with Crippen molar-refractivity contribution in [2.75, 3.05) is 24.8 Å². The summed E-state index contributed by atoms with van der Waals surface area (Å²) < 4.78 is 11.5. The Balaban J connectivity index is 1.45. The second-order valence-electron chi connectivity index (χ2n) is 8.06. The Morgan fingerprint density at radius 2 is 1.92 bits per heavy atom. The van der Waals surface area contributed by atoms with Gasteiger partial charge in [-0.25, -0.2) is 10.1 Å². The number of carbonyl (C=O) groups is 1.